The van der Waals surface area contributed by atoms with Gasteiger partial charge in [-0.1, -0.05) is 48.5 Å². The summed E-state index contributed by atoms with van der Waals surface area (Å²) >= 11 is 0. The Morgan fingerprint density at radius 1 is 0.885 bits per heavy atom. The first kappa shape index (κ1) is 43.2. The second kappa shape index (κ2) is 16.2. The fraction of sp³-hybridized carbons (Fsp3) is 0.975. The first-order valence-electron chi connectivity index (χ1n) is 20.0. The third-order valence-corrected chi connectivity index (χ3v) is 14.4. The number of hydrogen-bond acceptors (Lipinski definition) is 11. The molecule has 6 heterocycles. The topological polar surface area (TPSA) is 145 Å². The van der Waals surface area contributed by atoms with Crippen LogP contribution in [0.4, 0.5) is 0 Å². The van der Waals surface area contributed by atoms with Crippen molar-refractivity contribution in [1.29, 1.82) is 0 Å². The van der Waals surface area contributed by atoms with Crippen molar-refractivity contribution in [2.75, 3.05) is 13.7 Å². The smallest absolute Gasteiger partial charge is 0.550 e. The monoisotopic (exact) mass is 746 g/mol. The summed E-state index contributed by atoms with van der Waals surface area (Å²) in [6, 6.07) is 0. The van der Waals surface area contributed by atoms with Gasteiger partial charge in [0, 0.05) is 49.6 Å². The molecule has 19 atom stereocenters. The van der Waals surface area contributed by atoms with Gasteiger partial charge in [0.05, 0.1) is 66.6 Å². The van der Waals surface area contributed by atoms with Crippen LogP contribution >= 0.6 is 0 Å². The molecule has 6 fully saturated rings. The summed E-state index contributed by atoms with van der Waals surface area (Å²) in [5.74, 6) is -3.70. The van der Waals surface area contributed by atoms with E-state index in [0.29, 0.717) is 6.42 Å². The van der Waals surface area contributed by atoms with Crippen LogP contribution in [0, 0.1) is 41.4 Å². The molecule has 6 aliphatic rings. The van der Waals surface area contributed by atoms with Crippen molar-refractivity contribution in [3.05, 3.63) is 0 Å². The number of ether oxygens (including phenoxy) is 7. The number of carboxylic acid groups (broad SMARTS) is 1. The number of aliphatic hydroxyl groups is 2. The molecule has 0 aromatic carbocycles. The van der Waals surface area contributed by atoms with Crippen molar-refractivity contribution in [1.82, 2.24) is 0 Å². The van der Waals surface area contributed by atoms with Crippen molar-refractivity contribution < 1.29 is 82.8 Å². The van der Waals surface area contributed by atoms with E-state index in [9.17, 15) is 20.1 Å². The molecule has 0 aliphatic carbocycles. The minimum atomic E-state index is -1.55. The maximum atomic E-state index is 11.7. The Bertz CT molecular complexity index is 1240. The maximum Gasteiger partial charge on any atom is 1.00 e. The molecule has 0 saturated carbocycles. The van der Waals surface area contributed by atoms with Gasteiger partial charge in [0.2, 0.25) is 0 Å². The summed E-state index contributed by atoms with van der Waals surface area (Å²) in [6.07, 6.45) is 5.62. The van der Waals surface area contributed by atoms with Crippen molar-refractivity contribution >= 4 is 5.97 Å². The minimum Gasteiger partial charge on any atom is -0.550 e. The van der Waals surface area contributed by atoms with Crippen LogP contribution in [0.2, 0.25) is 0 Å². The fourth-order valence-corrected chi connectivity index (χ4v) is 11.3. The standard InChI is InChI=1S/C40H68O11.Na/c1-21-11-12-28(46-33(21)26(6)36(42)43)17-29-18-30(45-10)27(7)40(48-29)25(5)19-38(9,51-40)32-13-14-37(8,49-32)35-23(3)16-31(47-35)34-22(2)15-24(4)39(44,20-41)50-34;/h21-35,41,44H,11-20H2,1-10H3,(H,42,43);/q;+1/p-1/t21-,22+,23+,24-,25+,26+,27+,28+,29-,30+,31-,32-,33+,34+,35-,37+,38-,39-,40-;/m1./s1. The maximum absolute atomic E-state index is 11.7. The Kier molecular flexibility index (Phi) is 13.4. The molecule has 11 nitrogen and oxygen atoms in total. The van der Waals surface area contributed by atoms with Crippen LogP contribution in [0.1, 0.15) is 120 Å². The van der Waals surface area contributed by atoms with Crippen molar-refractivity contribution in [3.63, 3.8) is 0 Å². The average molecular weight is 747 g/mol. The van der Waals surface area contributed by atoms with E-state index in [-0.39, 0.29) is 114 Å². The third kappa shape index (κ3) is 7.85. The van der Waals surface area contributed by atoms with Gasteiger partial charge in [-0.25, -0.2) is 0 Å². The van der Waals surface area contributed by atoms with Crippen LogP contribution in [-0.4, -0.2) is 102 Å². The Labute approximate surface area is 334 Å². The zero-order chi connectivity index (χ0) is 37.3. The molecule has 0 unspecified atom stereocenters. The van der Waals surface area contributed by atoms with Gasteiger partial charge in [0.1, 0.15) is 0 Å². The van der Waals surface area contributed by atoms with Gasteiger partial charge in [-0.05, 0) is 76.5 Å². The van der Waals surface area contributed by atoms with Crippen LogP contribution in [-0.2, 0) is 38.0 Å². The van der Waals surface area contributed by atoms with E-state index in [2.05, 4.69) is 48.5 Å². The third-order valence-electron chi connectivity index (χ3n) is 14.4. The van der Waals surface area contributed by atoms with Crippen LogP contribution in [0.3, 0.4) is 0 Å². The number of carboxylic acids is 1. The van der Waals surface area contributed by atoms with E-state index >= 15 is 0 Å². The molecule has 6 rings (SSSR count). The van der Waals surface area contributed by atoms with Crippen LogP contribution < -0.4 is 34.7 Å². The predicted octanol–water partition coefficient (Wildman–Crippen LogP) is 1.37. The first-order chi connectivity index (χ1) is 23.9. The molecule has 2 N–H and O–H groups in total. The Morgan fingerprint density at radius 2 is 1.60 bits per heavy atom. The number of methoxy groups -OCH3 is 1. The summed E-state index contributed by atoms with van der Waals surface area (Å²) in [4.78, 5) is 11.7. The van der Waals surface area contributed by atoms with Gasteiger partial charge in [-0.2, -0.15) is 0 Å². The zero-order valence-electron chi connectivity index (χ0n) is 33.8. The molecular weight excluding hydrogens is 679 g/mol. The Balaban J connectivity index is 0.00000523. The van der Waals surface area contributed by atoms with Crippen molar-refractivity contribution in [2.24, 2.45) is 41.4 Å². The van der Waals surface area contributed by atoms with E-state index in [4.69, 9.17) is 33.2 Å². The number of rotatable bonds is 9. The van der Waals surface area contributed by atoms with Gasteiger partial charge >= 0.3 is 29.6 Å². The predicted molar refractivity (Wildman–Crippen MR) is 186 cm³/mol. The van der Waals surface area contributed by atoms with Crippen LogP contribution in [0.25, 0.3) is 0 Å². The van der Waals surface area contributed by atoms with Gasteiger partial charge in [-0.3, -0.25) is 0 Å². The van der Waals surface area contributed by atoms with E-state index in [0.717, 1.165) is 51.4 Å². The quantitative estimate of drug-likeness (QED) is 0.331. The molecule has 0 aromatic heterocycles. The normalized spacial score (nSPS) is 53.2. The number of carbonyl (C=O) groups excluding carboxylic acids is 1. The molecule has 12 heteroatoms. The molecule has 0 radical (unpaired) electrons. The molecule has 0 amide bonds. The fourth-order valence-electron chi connectivity index (χ4n) is 11.3. The molecular formula is C40H67NaO11. The molecule has 52 heavy (non-hydrogen) atoms. The Morgan fingerprint density at radius 3 is 2.25 bits per heavy atom. The summed E-state index contributed by atoms with van der Waals surface area (Å²) in [7, 11) is 1.76. The second-order valence-electron chi connectivity index (χ2n) is 18.4. The van der Waals surface area contributed by atoms with Gasteiger partial charge in [0.25, 0.3) is 0 Å². The molecule has 6 saturated heterocycles. The van der Waals surface area contributed by atoms with Crippen molar-refractivity contribution in [3.8, 4) is 0 Å². The average Bonchev–Trinajstić information content (AvgIpc) is 3.75. The zero-order valence-corrected chi connectivity index (χ0v) is 35.8. The molecule has 6 aliphatic heterocycles. The summed E-state index contributed by atoms with van der Waals surface area (Å²) in [5, 5.41) is 32.7. The van der Waals surface area contributed by atoms with E-state index in [1.807, 2.05) is 6.92 Å². The van der Waals surface area contributed by atoms with Crippen molar-refractivity contribution in [2.45, 2.75) is 192 Å². The molecule has 0 aromatic rings. The van der Waals surface area contributed by atoms with Gasteiger partial charge in [-0.15, -0.1) is 0 Å². The number of aliphatic hydroxyl groups excluding tert-OH is 1. The van der Waals surface area contributed by atoms with Crippen LogP contribution in [0.5, 0.6) is 0 Å². The molecule has 294 valence electrons. The number of hydrogen-bond donors (Lipinski definition) is 2. The van der Waals surface area contributed by atoms with E-state index < -0.39 is 41.3 Å². The minimum absolute atomic E-state index is 0. The van der Waals surface area contributed by atoms with Gasteiger partial charge < -0.3 is 53.3 Å². The summed E-state index contributed by atoms with van der Waals surface area (Å²) < 4.78 is 46.9. The first-order valence-corrected chi connectivity index (χ1v) is 20.0. The van der Waals surface area contributed by atoms with Crippen LogP contribution in [0.15, 0.2) is 0 Å². The molecule has 1 spiro atoms. The molecule has 0 bridgehead atoms. The largest absolute Gasteiger partial charge is 1.00 e. The van der Waals surface area contributed by atoms with E-state index in [1.165, 1.54) is 0 Å². The Hall–Kier alpha value is 0.110. The van der Waals surface area contributed by atoms with Gasteiger partial charge in [0.15, 0.2) is 11.6 Å². The number of aliphatic carboxylic acids is 1. The number of carbonyl (C=O) groups is 1. The second-order valence-corrected chi connectivity index (χ2v) is 18.4. The van der Waals surface area contributed by atoms with E-state index in [1.54, 1.807) is 14.0 Å². The SMILES string of the molecule is CO[C@H]1C[C@@H](C[C@@H]2CC[C@@H](C)[C@@H]([C@H](C)C(=O)[O-])O2)O[C@]2(O[C@@](C)([C@H]3CC[C@@](C)([C@@H]4O[C@@H]([C@H]5O[C@](O)(CO)[C@H](C)C[C@@H]5C)C[C@@H]4C)O3)C[C@@H]2C)[C@H]1C.[Na+]. The summed E-state index contributed by atoms with van der Waals surface area (Å²) in [5.41, 5.74) is -1.11. The summed E-state index contributed by atoms with van der Waals surface area (Å²) in [6.45, 7) is 18.3.